The van der Waals surface area contributed by atoms with Crippen LogP contribution in [0.2, 0.25) is 5.02 Å². The Morgan fingerprint density at radius 3 is 2.81 bits per heavy atom. The zero-order chi connectivity index (χ0) is 18.8. The number of carbonyl (C=O) groups is 1. The van der Waals surface area contributed by atoms with Crippen molar-refractivity contribution in [2.24, 2.45) is 0 Å². The van der Waals surface area contributed by atoms with Crippen molar-refractivity contribution in [3.63, 3.8) is 0 Å². The molecule has 0 radical (unpaired) electrons. The zero-order valence-electron chi connectivity index (χ0n) is 13.7. The quantitative estimate of drug-likeness (QED) is 0.490. The van der Waals surface area contributed by atoms with Gasteiger partial charge < -0.3 is 4.74 Å². The topological polar surface area (TPSA) is 82.3 Å². The first-order valence-electron chi connectivity index (χ1n) is 7.84. The molecule has 4 aromatic rings. The van der Waals surface area contributed by atoms with Crippen LogP contribution in [0.25, 0.3) is 5.65 Å². The van der Waals surface area contributed by atoms with E-state index < -0.39 is 5.82 Å². The fourth-order valence-corrected chi connectivity index (χ4v) is 2.68. The Hall–Kier alpha value is -3.39. The molecule has 27 heavy (non-hydrogen) atoms. The van der Waals surface area contributed by atoms with Gasteiger partial charge in [0.2, 0.25) is 0 Å². The standard InChI is InChI=1S/C18H11ClFN5O2/c19-11-3-14(8-21-6-11)27-15-5-16(18-23-10-24-25(18)9-15)17(26)4-13-2-1-12(20)7-22-13/h1-3,5-10H,4H2. The maximum absolute atomic E-state index is 13.0. The minimum atomic E-state index is -0.462. The maximum atomic E-state index is 13.0. The molecule has 0 aliphatic rings. The van der Waals surface area contributed by atoms with Crippen LogP contribution >= 0.6 is 11.6 Å². The number of hydrogen-bond donors (Lipinski definition) is 0. The second-order valence-corrected chi connectivity index (χ2v) is 6.06. The average Bonchev–Trinajstić information content (AvgIpc) is 3.11. The van der Waals surface area contributed by atoms with Crippen molar-refractivity contribution in [2.75, 3.05) is 0 Å². The first-order valence-corrected chi connectivity index (χ1v) is 8.22. The van der Waals surface area contributed by atoms with E-state index in [9.17, 15) is 9.18 Å². The lowest BCUT2D eigenvalue weighted by atomic mass is 10.1. The summed E-state index contributed by atoms with van der Waals surface area (Å²) in [5.74, 6) is 0.0754. The monoisotopic (exact) mass is 383 g/mol. The van der Waals surface area contributed by atoms with Crippen LogP contribution in [0, 0.1) is 5.82 Å². The van der Waals surface area contributed by atoms with Crippen LogP contribution in [-0.4, -0.2) is 30.3 Å². The van der Waals surface area contributed by atoms with Gasteiger partial charge in [0.25, 0.3) is 0 Å². The van der Waals surface area contributed by atoms with Crippen molar-refractivity contribution in [1.29, 1.82) is 0 Å². The second kappa shape index (κ2) is 7.08. The normalized spacial score (nSPS) is 10.9. The molecular formula is C18H11ClFN5O2. The molecule has 0 spiro atoms. The Labute approximate surface area is 157 Å². The highest BCUT2D eigenvalue weighted by atomic mass is 35.5. The largest absolute Gasteiger partial charge is 0.454 e. The van der Waals surface area contributed by atoms with Crippen LogP contribution in [0.3, 0.4) is 0 Å². The van der Waals surface area contributed by atoms with E-state index in [-0.39, 0.29) is 12.2 Å². The highest BCUT2D eigenvalue weighted by molar-refractivity contribution is 6.30. The van der Waals surface area contributed by atoms with Gasteiger partial charge in [-0.3, -0.25) is 14.8 Å². The number of ketones is 1. The van der Waals surface area contributed by atoms with Crippen LogP contribution in [0.15, 0.2) is 55.4 Å². The second-order valence-electron chi connectivity index (χ2n) is 5.63. The summed E-state index contributed by atoms with van der Waals surface area (Å²) in [4.78, 5) is 24.8. The number of rotatable bonds is 5. The molecule has 0 unspecified atom stereocenters. The predicted molar refractivity (Wildman–Crippen MR) is 94.5 cm³/mol. The number of ether oxygens (including phenoxy) is 1. The van der Waals surface area contributed by atoms with Gasteiger partial charge in [0.05, 0.1) is 35.6 Å². The predicted octanol–water partition coefficient (Wildman–Crippen LogP) is 3.53. The van der Waals surface area contributed by atoms with Gasteiger partial charge in [-0.1, -0.05) is 11.6 Å². The van der Waals surface area contributed by atoms with Gasteiger partial charge in [0, 0.05) is 18.0 Å². The highest BCUT2D eigenvalue weighted by Gasteiger charge is 2.16. The average molecular weight is 384 g/mol. The Bertz CT molecular complexity index is 1130. The van der Waals surface area contributed by atoms with Crippen molar-refractivity contribution < 1.29 is 13.9 Å². The Morgan fingerprint density at radius 1 is 1.15 bits per heavy atom. The van der Waals surface area contributed by atoms with E-state index in [2.05, 4.69) is 20.1 Å². The van der Waals surface area contributed by atoms with Gasteiger partial charge in [-0.25, -0.2) is 13.9 Å². The van der Waals surface area contributed by atoms with E-state index in [1.165, 1.54) is 35.4 Å². The Balaban J connectivity index is 1.67. The molecule has 0 aromatic carbocycles. The van der Waals surface area contributed by atoms with E-state index in [4.69, 9.17) is 16.3 Å². The molecule has 0 N–H and O–H groups in total. The molecule has 0 aliphatic heterocycles. The van der Waals surface area contributed by atoms with Crippen LogP contribution in [-0.2, 0) is 6.42 Å². The molecule has 0 aliphatic carbocycles. The third-order valence-corrected chi connectivity index (χ3v) is 3.90. The number of fused-ring (bicyclic) bond motifs is 1. The van der Waals surface area contributed by atoms with Crippen LogP contribution in [0.5, 0.6) is 11.5 Å². The van der Waals surface area contributed by atoms with E-state index >= 15 is 0 Å². The van der Waals surface area contributed by atoms with E-state index in [0.29, 0.717) is 33.4 Å². The summed E-state index contributed by atoms with van der Waals surface area (Å²) < 4.78 is 20.2. The van der Waals surface area contributed by atoms with Crippen molar-refractivity contribution >= 4 is 23.0 Å². The lowest BCUT2D eigenvalue weighted by Crippen LogP contribution is -2.08. The molecule has 4 heterocycles. The molecule has 0 fully saturated rings. The van der Waals surface area contributed by atoms with Gasteiger partial charge in [0.1, 0.15) is 23.6 Å². The first-order chi connectivity index (χ1) is 13.1. The molecule has 7 nitrogen and oxygen atoms in total. The maximum Gasteiger partial charge on any atom is 0.172 e. The minimum Gasteiger partial charge on any atom is -0.454 e. The molecule has 0 atom stereocenters. The lowest BCUT2D eigenvalue weighted by molar-refractivity contribution is 0.0992. The summed E-state index contributed by atoms with van der Waals surface area (Å²) in [5, 5.41) is 4.49. The molecule has 0 saturated heterocycles. The molecule has 134 valence electrons. The van der Waals surface area contributed by atoms with Crippen LogP contribution in [0.1, 0.15) is 16.1 Å². The molecular weight excluding hydrogens is 373 g/mol. The van der Waals surface area contributed by atoms with E-state index in [1.54, 1.807) is 18.3 Å². The minimum absolute atomic E-state index is 0.00895. The van der Waals surface area contributed by atoms with Crippen molar-refractivity contribution in [1.82, 2.24) is 24.6 Å². The summed E-state index contributed by atoms with van der Waals surface area (Å²) in [7, 11) is 0. The third kappa shape index (κ3) is 3.75. The van der Waals surface area contributed by atoms with Crippen molar-refractivity contribution in [2.45, 2.75) is 6.42 Å². The Kier molecular flexibility index (Phi) is 4.47. The SMILES string of the molecule is O=C(Cc1ccc(F)cn1)c1cc(Oc2cncc(Cl)c2)cn2ncnc12. The van der Waals surface area contributed by atoms with Gasteiger partial charge in [-0.15, -0.1) is 0 Å². The molecule has 4 rings (SSSR count). The number of aromatic nitrogens is 5. The van der Waals surface area contributed by atoms with Gasteiger partial charge in [0.15, 0.2) is 11.4 Å². The summed E-state index contributed by atoms with van der Waals surface area (Å²) in [6.45, 7) is 0. The van der Waals surface area contributed by atoms with E-state index in [1.807, 2.05) is 0 Å². The molecule has 0 saturated carbocycles. The third-order valence-electron chi connectivity index (χ3n) is 3.70. The highest BCUT2D eigenvalue weighted by Crippen LogP contribution is 2.25. The Morgan fingerprint density at radius 2 is 2.04 bits per heavy atom. The summed E-state index contributed by atoms with van der Waals surface area (Å²) in [6, 6.07) is 5.89. The van der Waals surface area contributed by atoms with Gasteiger partial charge >= 0.3 is 0 Å². The molecule has 9 heteroatoms. The summed E-state index contributed by atoms with van der Waals surface area (Å²) >= 11 is 5.91. The number of hydrogen-bond acceptors (Lipinski definition) is 6. The fourth-order valence-electron chi connectivity index (χ4n) is 2.52. The number of carbonyl (C=O) groups excluding carboxylic acids is 1. The van der Waals surface area contributed by atoms with E-state index in [0.717, 1.165) is 6.20 Å². The number of nitrogens with zero attached hydrogens (tertiary/aromatic N) is 5. The molecule has 4 aromatic heterocycles. The first kappa shape index (κ1) is 17.0. The fraction of sp³-hybridized carbons (Fsp3) is 0.0556. The number of pyridine rings is 3. The van der Waals surface area contributed by atoms with Crippen molar-refractivity contribution in [3.05, 3.63) is 77.5 Å². The molecule has 0 bridgehead atoms. The molecule has 0 amide bonds. The number of halogens is 2. The van der Waals surface area contributed by atoms with Crippen molar-refractivity contribution in [3.8, 4) is 11.5 Å². The summed E-state index contributed by atoms with van der Waals surface area (Å²) in [5.41, 5.74) is 1.15. The van der Waals surface area contributed by atoms with Gasteiger partial charge in [-0.2, -0.15) is 5.10 Å². The van der Waals surface area contributed by atoms with Crippen LogP contribution < -0.4 is 4.74 Å². The lowest BCUT2D eigenvalue weighted by Gasteiger charge is -2.09. The van der Waals surface area contributed by atoms with Gasteiger partial charge in [-0.05, 0) is 18.2 Å². The van der Waals surface area contributed by atoms with Crippen LogP contribution in [0.4, 0.5) is 4.39 Å². The number of Topliss-reactive ketones (excluding diaryl/α,β-unsaturated/α-hetero) is 1. The summed E-state index contributed by atoms with van der Waals surface area (Å²) in [6.07, 6.45) is 6.98. The zero-order valence-corrected chi connectivity index (χ0v) is 14.5. The smallest absolute Gasteiger partial charge is 0.172 e.